The third-order valence-corrected chi connectivity index (χ3v) is 8.51. The van der Waals surface area contributed by atoms with Crippen LogP contribution in [0.3, 0.4) is 0 Å². The van der Waals surface area contributed by atoms with Gasteiger partial charge in [-0.25, -0.2) is 0 Å². The number of carbonyl (C=O) groups is 2. The van der Waals surface area contributed by atoms with E-state index in [0.717, 1.165) is 16.9 Å². The number of nitrogens with one attached hydrogen (secondary N) is 3. The lowest BCUT2D eigenvalue weighted by Crippen LogP contribution is -2.35. The van der Waals surface area contributed by atoms with Crippen molar-refractivity contribution in [3.05, 3.63) is 83.9 Å². The molecule has 0 saturated heterocycles. The summed E-state index contributed by atoms with van der Waals surface area (Å²) in [6, 6.07) is 22.0. The summed E-state index contributed by atoms with van der Waals surface area (Å²) < 4.78 is 24.6. The highest BCUT2D eigenvalue weighted by Crippen LogP contribution is 2.48. The van der Waals surface area contributed by atoms with Crippen molar-refractivity contribution in [3.63, 3.8) is 0 Å². The van der Waals surface area contributed by atoms with Gasteiger partial charge >= 0.3 is 7.60 Å². The van der Waals surface area contributed by atoms with Crippen molar-refractivity contribution >= 4 is 53.0 Å². The van der Waals surface area contributed by atoms with Crippen LogP contribution in [0.2, 0.25) is 0 Å². The minimum absolute atomic E-state index is 0.0407. The van der Waals surface area contributed by atoms with E-state index >= 15 is 0 Å². The molecule has 0 bridgehead atoms. The molecule has 40 heavy (non-hydrogen) atoms. The normalized spacial score (nSPS) is 13.9. The smallest absolute Gasteiger partial charge is 0.354 e. The maximum Gasteiger partial charge on any atom is 0.361 e. The first-order valence-corrected chi connectivity index (χ1v) is 14.8. The van der Waals surface area contributed by atoms with Crippen LogP contribution in [0.1, 0.15) is 31.9 Å². The number of amides is 2. The van der Waals surface area contributed by atoms with Gasteiger partial charge in [-0.15, -0.1) is 0 Å². The summed E-state index contributed by atoms with van der Waals surface area (Å²) in [6.07, 6.45) is 0. The highest BCUT2D eigenvalue weighted by molar-refractivity contribution is 7.62. The molecule has 1 aliphatic heterocycles. The molecule has 4 rings (SSSR count). The van der Waals surface area contributed by atoms with Gasteiger partial charge in [-0.1, -0.05) is 37.3 Å². The van der Waals surface area contributed by atoms with Crippen LogP contribution in [0, 0.1) is 0 Å². The van der Waals surface area contributed by atoms with Crippen LogP contribution in [0.25, 0.3) is 11.3 Å². The lowest BCUT2D eigenvalue weighted by molar-refractivity contribution is -0.117. The Hall–Kier alpha value is -3.75. The first kappa shape index (κ1) is 29.2. The molecule has 2 amide bonds. The van der Waals surface area contributed by atoms with Gasteiger partial charge in [0.2, 0.25) is 5.91 Å². The van der Waals surface area contributed by atoms with E-state index < -0.39 is 7.60 Å². The Morgan fingerprint density at radius 1 is 0.950 bits per heavy atom. The first-order chi connectivity index (χ1) is 19.3. The zero-order valence-electron chi connectivity index (χ0n) is 23.2. The van der Waals surface area contributed by atoms with Crippen LogP contribution in [-0.2, 0) is 23.2 Å². The molecule has 9 nitrogen and oxygen atoms in total. The molecule has 0 radical (unpaired) electrons. The summed E-state index contributed by atoms with van der Waals surface area (Å²) in [4.78, 5) is 27.4. The van der Waals surface area contributed by atoms with E-state index in [1.807, 2.05) is 61.5 Å². The molecule has 3 N–H and O–H groups in total. The van der Waals surface area contributed by atoms with Crippen LogP contribution >= 0.6 is 7.60 Å². The zero-order valence-corrected chi connectivity index (χ0v) is 24.1. The second-order valence-corrected chi connectivity index (χ2v) is 11.1. The van der Waals surface area contributed by atoms with E-state index in [9.17, 15) is 14.2 Å². The molecular formula is C30H35N4O5P. The molecule has 0 atom stereocenters. The number of anilines is 3. The molecule has 210 valence electrons. The molecule has 0 saturated carbocycles. The molecule has 0 unspecified atom stereocenters. The van der Waals surface area contributed by atoms with Gasteiger partial charge in [-0.2, -0.15) is 0 Å². The van der Waals surface area contributed by atoms with Crippen LogP contribution in [0.4, 0.5) is 17.1 Å². The topological polar surface area (TPSA) is 109 Å². The van der Waals surface area contributed by atoms with Crippen LogP contribution in [0.15, 0.2) is 72.8 Å². The van der Waals surface area contributed by atoms with Gasteiger partial charge in [0.05, 0.1) is 36.3 Å². The number of fused-ring (bicyclic) bond motifs is 1. The van der Waals surface area contributed by atoms with Crippen LogP contribution < -0.4 is 26.2 Å². The minimum atomic E-state index is -3.57. The van der Waals surface area contributed by atoms with Crippen LogP contribution in [-0.4, -0.2) is 45.2 Å². The fourth-order valence-corrected chi connectivity index (χ4v) is 5.99. The van der Waals surface area contributed by atoms with E-state index in [2.05, 4.69) is 16.0 Å². The first-order valence-electron chi connectivity index (χ1n) is 13.3. The average molecular weight is 563 g/mol. The van der Waals surface area contributed by atoms with Crippen molar-refractivity contribution < 1.29 is 23.2 Å². The summed E-state index contributed by atoms with van der Waals surface area (Å²) in [5.41, 5.74) is 4.47. The van der Waals surface area contributed by atoms with Crippen molar-refractivity contribution in [1.29, 1.82) is 0 Å². The van der Waals surface area contributed by atoms with E-state index in [-0.39, 0.29) is 31.6 Å². The summed E-state index contributed by atoms with van der Waals surface area (Å²) in [5, 5.41) is 9.76. The molecule has 3 aromatic carbocycles. The molecule has 0 aliphatic carbocycles. The minimum Gasteiger partial charge on any atom is -0.354 e. The Morgan fingerprint density at radius 3 is 2.25 bits per heavy atom. The number of carbonyl (C=O) groups excluding carboxylic acids is 2. The predicted octanol–water partition coefficient (Wildman–Crippen LogP) is 5.08. The van der Waals surface area contributed by atoms with E-state index in [0.29, 0.717) is 34.4 Å². The van der Waals surface area contributed by atoms with E-state index in [4.69, 9.17) is 9.05 Å². The summed E-state index contributed by atoms with van der Waals surface area (Å²) in [6.45, 7) is 6.88. The molecule has 1 aliphatic rings. The van der Waals surface area contributed by atoms with Gasteiger partial charge in [0.1, 0.15) is 0 Å². The summed E-state index contributed by atoms with van der Waals surface area (Å²) in [7, 11) is -1.83. The fraction of sp³-hybridized carbons (Fsp3) is 0.267. The molecule has 0 spiro atoms. The fourth-order valence-electron chi connectivity index (χ4n) is 4.39. The van der Waals surface area contributed by atoms with E-state index in [1.54, 1.807) is 44.0 Å². The average Bonchev–Trinajstić information content (AvgIpc) is 3.30. The molecule has 3 aromatic rings. The molecule has 10 heteroatoms. The quantitative estimate of drug-likeness (QED) is 0.209. The largest absolute Gasteiger partial charge is 0.361 e. The number of nitrogens with zero attached hydrogens (tertiary/aromatic N) is 1. The van der Waals surface area contributed by atoms with Crippen molar-refractivity contribution in [1.82, 2.24) is 5.32 Å². The number of likely N-dealkylation sites (N-methyl/N-ethyl adjacent to an activating group) is 2. The Balaban J connectivity index is 1.76. The lowest BCUT2D eigenvalue weighted by atomic mass is 10.00. The maximum atomic E-state index is 13.5. The van der Waals surface area contributed by atoms with Crippen molar-refractivity contribution in [2.45, 2.75) is 20.8 Å². The van der Waals surface area contributed by atoms with Gasteiger partial charge in [0, 0.05) is 29.7 Å². The highest BCUT2D eigenvalue weighted by Gasteiger charge is 2.33. The maximum absolute atomic E-state index is 13.5. The Kier molecular flexibility index (Phi) is 9.55. The van der Waals surface area contributed by atoms with Crippen molar-refractivity contribution in [2.75, 3.05) is 48.9 Å². The highest BCUT2D eigenvalue weighted by atomic mass is 31.2. The van der Waals surface area contributed by atoms with Gasteiger partial charge in [-0.05, 0) is 68.4 Å². The van der Waals surface area contributed by atoms with Gasteiger partial charge in [0.25, 0.3) is 5.91 Å². The number of hydrogen-bond donors (Lipinski definition) is 3. The molecule has 1 heterocycles. The molecule has 0 aromatic heterocycles. The van der Waals surface area contributed by atoms with E-state index in [1.165, 1.54) is 0 Å². The lowest BCUT2D eigenvalue weighted by Gasteiger charge is -2.19. The van der Waals surface area contributed by atoms with Crippen LogP contribution in [0.5, 0.6) is 0 Å². The van der Waals surface area contributed by atoms with Gasteiger partial charge in [-0.3, -0.25) is 14.2 Å². The Morgan fingerprint density at radius 2 is 1.62 bits per heavy atom. The number of rotatable bonds is 12. The van der Waals surface area contributed by atoms with Crippen molar-refractivity contribution in [2.24, 2.45) is 0 Å². The second kappa shape index (κ2) is 13.1. The molecule has 0 fully saturated rings. The Labute approximate surface area is 235 Å². The number of hydrogen-bond acceptors (Lipinski definition) is 7. The van der Waals surface area contributed by atoms with Gasteiger partial charge < -0.3 is 29.9 Å². The van der Waals surface area contributed by atoms with Gasteiger partial charge in [0.15, 0.2) is 0 Å². The van der Waals surface area contributed by atoms with Crippen molar-refractivity contribution in [3.8, 4) is 0 Å². The molecular weight excluding hydrogens is 527 g/mol. The third-order valence-electron chi connectivity index (χ3n) is 6.40. The monoisotopic (exact) mass is 562 g/mol. The summed E-state index contributed by atoms with van der Waals surface area (Å²) in [5.74, 6) is -0.326. The zero-order chi connectivity index (χ0) is 28.7. The standard InChI is InChI=1S/C30H35N4O5P/c1-5-31-20-27(35)34(4)23-15-13-22(14-16-23)32-29(21-11-9-8-10-12-21)28-25-19-24(17-18-26(25)33-30(28)36)40(37,38-6-2)39-7-3/h8-19,31-32H,5-7,20H2,1-4H3,(H,33,36)/b29-28-. The summed E-state index contributed by atoms with van der Waals surface area (Å²) >= 11 is 0. The second-order valence-electron chi connectivity index (χ2n) is 9.04. The SMILES string of the molecule is CCNCC(=O)N(C)c1ccc(N/C(=C2\C(=O)Nc3ccc(P(=O)(OCC)OCC)cc32)c2ccccc2)cc1. The predicted molar refractivity (Wildman–Crippen MR) is 161 cm³/mol. The number of benzene rings is 3. The Bertz CT molecular complexity index is 1430. The third kappa shape index (κ3) is 6.35.